The van der Waals surface area contributed by atoms with E-state index in [1.54, 1.807) is 26.1 Å². The van der Waals surface area contributed by atoms with Gasteiger partial charge in [0.25, 0.3) is 0 Å². The summed E-state index contributed by atoms with van der Waals surface area (Å²) in [6.07, 6.45) is -0.318. The molecule has 0 unspecified atom stereocenters. The Kier molecular flexibility index (Phi) is 6.63. The summed E-state index contributed by atoms with van der Waals surface area (Å²) in [5.74, 6) is -1.51. The first-order chi connectivity index (χ1) is 16.4. The highest BCUT2D eigenvalue weighted by Gasteiger charge is 2.30. The molecule has 0 saturated carbocycles. The van der Waals surface area contributed by atoms with Crippen LogP contribution in [0.5, 0.6) is 0 Å². The first-order valence-electron chi connectivity index (χ1n) is 11.1. The van der Waals surface area contributed by atoms with Gasteiger partial charge in [-0.25, -0.2) is 9.59 Å². The minimum Gasteiger partial charge on any atom is -0.478 e. The molecule has 1 aliphatic rings. The number of likely N-dealkylation sites (N-methyl/N-ethyl adjacent to an activating group) is 1. The van der Waals surface area contributed by atoms with Crippen molar-refractivity contribution in [2.24, 2.45) is 0 Å². The van der Waals surface area contributed by atoms with Gasteiger partial charge in [0.2, 0.25) is 5.91 Å². The number of nitrogens with zero attached hydrogens (tertiary/aromatic N) is 1. The van der Waals surface area contributed by atoms with Crippen LogP contribution in [0.3, 0.4) is 0 Å². The molecule has 3 aromatic rings. The lowest BCUT2D eigenvalue weighted by atomic mass is 9.98. The van der Waals surface area contributed by atoms with Gasteiger partial charge in [0.05, 0.1) is 5.56 Å². The highest BCUT2D eigenvalue weighted by molar-refractivity contribution is 5.99. The number of amides is 2. The number of benzene rings is 3. The Bertz CT molecular complexity index is 1190. The van der Waals surface area contributed by atoms with E-state index in [4.69, 9.17) is 4.74 Å². The van der Waals surface area contributed by atoms with E-state index in [2.05, 4.69) is 17.4 Å². The van der Waals surface area contributed by atoms with Gasteiger partial charge in [-0.1, -0.05) is 61.5 Å². The molecule has 2 amide bonds. The quantitative estimate of drug-likeness (QED) is 0.537. The SMILES string of the molecule is CC[C@@H](NC(=O)OCC1c2ccccc2-c2ccccc21)C(=O)N(C)c1cccc(C(=O)O)c1. The van der Waals surface area contributed by atoms with Crippen molar-refractivity contribution in [1.29, 1.82) is 0 Å². The topological polar surface area (TPSA) is 95.9 Å². The van der Waals surface area contributed by atoms with E-state index in [-0.39, 0.29) is 24.0 Å². The highest BCUT2D eigenvalue weighted by Crippen LogP contribution is 2.44. The van der Waals surface area contributed by atoms with Crippen LogP contribution < -0.4 is 10.2 Å². The minimum absolute atomic E-state index is 0.0737. The number of carboxylic acid groups (broad SMARTS) is 1. The van der Waals surface area contributed by atoms with Crippen molar-refractivity contribution < 1.29 is 24.2 Å². The van der Waals surface area contributed by atoms with Crippen LogP contribution in [0.25, 0.3) is 11.1 Å². The molecule has 0 bridgehead atoms. The lowest BCUT2D eigenvalue weighted by Gasteiger charge is -2.24. The summed E-state index contributed by atoms with van der Waals surface area (Å²) >= 11 is 0. The summed E-state index contributed by atoms with van der Waals surface area (Å²) in [5.41, 5.74) is 5.00. The van der Waals surface area contributed by atoms with Crippen LogP contribution in [-0.4, -0.2) is 42.8 Å². The number of ether oxygens (including phenoxy) is 1. The molecule has 0 saturated heterocycles. The maximum absolute atomic E-state index is 13.0. The summed E-state index contributed by atoms with van der Waals surface area (Å²) in [5, 5.41) is 11.9. The Hall–Kier alpha value is -4.13. The summed E-state index contributed by atoms with van der Waals surface area (Å²) < 4.78 is 5.56. The molecule has 0 aromatic heterocycles. The largest absolute Gasteiger partial charge is 0.478 e. The molecule has 2 N–H and O–H groups in total. The maximum Gasteiger partial charge on any atom is 0.407 e. The average molecular weight is 459 g/mol. The van der Waals surface area contributed by atoms with Crippen LogP contribution in [0.15, 0.2) is 72.8 Å². The number of carbonyl (C=O) groups is 3. The number of anilines is 1. The van der Waals surface area contributed by atoms with Gasteiger partial charge in [-0.15, -0.1) is 0 Å². The molecule has 1 aliphatic carbocycles. The van der Waals surface area contributed by atoms with Crippen LogP contribution in [0.1, 0.15) is 40.7 Å². The van der Waals surface area contributed by atoms with Crippen molar-refractivity contribution in [3.63, 3.8) is 0 Å². The number of fused-ring (bicyclic) bond motifs is 3. The van der Waals surface area contributed by atoms with Gasteiger partial charge < -0.3 is 20.1 Å². The van der Waals surface area contributed by atoms with E-state index >= 15 is 0 Å². The van der Waals surface area contributed by atoms with E-state index in [0.717, 1.165) is 22.3 Å². The van der Waals surface area contributed by atoms with Crippen LogP contribution in [0, 0.1) is 0 Å². The van der Waals surface area contributed by atoms with Crippen LogP contribution in [0.4, 0.5) is 10.5 Å². The van der Waals surface area contributed by atoms with E-state index in [1.165, 1.54) is 17.0 Å². The molecule has 0 fully saturated rings. The van der Waals surface area contributed by atoms with Gasteiger partial charge in [-0.3, -0.25) is 4.79 Å². The number of carbonyl (C=O) groups excluding carboxylic acids is 2. The first kappa shape index (κ1) is 23.0. The number of carboxylic acids is 1. The van der Waals surface area contributed by atoms with Crippen LogP contribution in [0.2, 0.25) is 0 Å². The second-order valence-electron chi connectivity index (χ2n) is 8.18. The Morgan fingerprint density at radius 2 is 1.59 bits per heavy atom. The molecular formula is C27H26N2O5. The fourth-order valence-electron chi connectivity index (χ4n) is 4.33. The zero-order chi connectivity index (χ0) is 24.2. The summed E-state index contributed by atoms with van der Waals surface area (Å²) in [6.45, 7) is 1.94. The van der Waals surface area contributed by atoms with Gasteiger partial charge in [0.15, 0.2) is 0 Å². The number of aromatic carboxylic acids is 1. The first-order valence-corrected chi connectivity index (χ1v) is 11.1. The van der Waals surface area contributed by atoms with Gasteiger partial charge in [-0.2, -0.15) is 0 Å². The smallest absolute Gasteiger partial charge is 0.407 e. The second kappa shape index (κ2) is 9.79. The van der Waals surface area contributed by atoms with Gasteiger partial charge >= 0.3 is 12.1 Å². The third kappa shape index (κ3) is 4.50. The Labute approximate surface area is 198 Å². The third-order valence-electron chi connectivity index (χ3n) is 6.15. The average Bonchev–Trinajstić information content (AvgIpc) is 3.19. The molecule has 0 radical (unpaired) electrons. The zero-order valence-corrected chi connectivity index (χ0v) is 19.0. The van der Waals surface area contributed by atoms with Crippen LogP contribution >= 0.6 is 0 Å². The third-order valence-corrected chi connectivity index (χ3v) is 6.15. The molecule has 4 rings (SSSR count). The van der Waals surface area contributed by atoms with Gasteiger partial charge in [0.1, 0.15) is 12.6 Å². The van der Waals surface area contributed by atoms with E-state index in [0.29, 0.717) is 12.1 Å². The fourth-order valence-corrected chi connectivity index (χ4v) is 4.33. The van der Waals surface area contributed by atoms with E-state index < -0.39 is 18.1 Å². The van der Waals surface area contributed by atoms with Crippen molar-refractivity contribution >= 4 is 23.7 Å². The standard InChI is InChI=1S/C27H26N2O5/c1-3-24(25(30)29(2)18-10-8-9-17(15-18)26(31)32)28-27(33)34-16-23-21-13-6-4-11-19(21)20-12-5-7-14-22(20)23/h4-15,23-24H,3,16H2,1-2H3,(H,28,33)(H,31,32)/t24-/m1/s1. The van der Waals surface area contributed by atoms with Crippen molar-refractivity contribution in [3.05, 3.63) is 89.5 Å². The molecule has 34 heavy (non-hydrogen) atoms. The fraction of sp³-hybridized carbons (Fsp3) is 0.222. The number of alkyl carbamates (subject to hydrolysis) is 1. The summed E-state index contributed by atoms with van der Waals surface area (Å²) in [7, 11) is 1.55. The summed E-state index contributed by atoms with van der Waals surface area (Å²) in [4.78, 5) is 38.2. The molecule has 0 spiro atoms. The van der Waals surface area contributed by atoms with Gasteiger partial charge in [-0.05, 0) is 46.9 Å². The van der Waals surface area contributed by atoms with Crippen molar-refractivity contribution in [1.82, 2.24) is 5.32 Å². The monoisotopic (exact) mass is 458 g/mol. The van der Waals surface area contributed by atoms with Gasteiger partial charge in [0, 0.05) is 18.7 Å². The number of hydrogen-bond donors (Lipinski definition) is 2. The molecule has 0 heterocycles. The number of hydrogen-bond acceptors (Lipinski definition) is 4. The van der Waals surface area contributed by atoms with Crippen molar-refractivity contribution in [2.75, 3.05) is 18.6 Å². The molecule has 7 heteroatoms. The zero-order valence-electron chi connectivity index (χ0n) is 19.0. The Morgan fingerprint density at radius 3 is 2.18 bits per heavy atom. The number of rotatable bonds is 7. The van der Waals surface area contributed by atoms with E-state index in [9.17, 15) is 19.5 Å². The van der Waals surface area contributed by atoms with Crippen molar-refractivity contribution in [3.8, 4) is 11.1 Å². The highest BCUT2D eigenvalue weighted by atomic mass is 16.5. The predicted octanol–water partition coefficient (Wildman–Crippen LogP) is 4.66. The lowest BCUT2D eigenvalue weighted by Crippen LogP contribution is -2.47. The molecule has 7 nitrogen and oxygen atoms in total. The van der Waals surface area contributed by atoms with Crippen molar-refractivity contribution in [2.45, 2.75) is 25.3 Å². The normalized spacial score (nSPS) is 12.9. The van der Waals surface area contributed by atoms with Crippen LogP contribution in [-0.2, 0) is 9.53 Å². The maximum atomic E-state index is 13.0. The predicted molar refractivity (Wildman–Crippen MR) is 129 cm³/mol. The Morgan fingerprint density at radius 1 is 0.971 bits per heavy atom. The molecule has 174 valence electrons. The molecule has 3 aromatic carbocycles. The Balaban J connectivity index is 1.42. The lowest BCUT2D eigenvalue weighted by molar-refractivity contribution is -0.120. The molecular weight excluding hydrogens is 432 g/mol. The minimum atomic E-state index is -1.08. The van der Waals surface area contributed by atoms with E-state index in [1.807, 2.05) is 36.4 Å². The summed E-state index contributed by atoms with van der Waals surface area (Å²) in [6, 6.07) is 21.4. The second-order valence-corrected chi connectivity index (χ2v) is 8.18. The molecule has 0 aliphatic heterocycles. The molecule has 1 atom stereocenters. The number of nitrogens with one attached hydrogen (secondary N) is 1.